The van der Waals surface area contributed by atoms with Crippen molar-refractivity contribution in [2.75, 3.05) is 16.8 Å². The van der Waals surface area contributed by atoms with Gasteiger partial charge in [-0.3, -0.25) is 19.7 Å². The van der Waals surface area contributed by atoms with Gasteiger partial charge in [-0.05, 0) is 49.3 Å². The van der Waals surface area contributed by atoms with Crippen LogP contribution in [0.2, 0.25) is 0 Å². The number of benzene rings is 1. The van der Waals surface area contributed by atoms with Gasteiger partial charge < -0.3 is 10.2 Å². The molecule has 0 saturated carbocycles. The highest BCUT2D eigenvalue weighted by Gasteiger charge is 2.28. The predicted molar refractivity (Wildman–Crippen MR) is 108 cm³/mol. The number of rotatable bonds is 4. The standard InChI is InChI=1S/C20H18N4O4S/c21-10-15-14-3-1-2-4-17(14)29-20(15)22-18(25)11-23-16-7-6-13(24(27)28)9-12(16)5-8-19(23)26/h6-7,9H,1-5,8,11H2,(H,22,25). The van der Waals surface area contributed by atoms with E-state index < -0.39 is 4.92 Å². The van der Waals surface area contributed by atoms with E-state index in [2.05, 4.69) is 11.4 Å². The van der Waals surface area contributed by atoms with Crippen LogP contribution in [-0.2, 0) is 28.9 Å². The predicted octanol–water partition coefficient (Wildman–Crippen LogP) is 3.32. The number of aryl methyl sites for hydroxylation is 2. The molecule has 4 rings (SSSR count). The molecular weight excluding hydrogens is 392 g/mol. The number of nitro groups is 1. The molecular formula is C20H18N4O4S. The van der Waals surface area contributed by atoms with Crippen molar-refractivity contribution in [3.63, 3.8) is 0 Å². The summed E-state index contributed by atoms with van der Waals surface area (Å²) in [6, 6.07) is 6.51. The van der Waals surface area contributed by atoms with E-state index >= 15 is 0 Å². The lowest BCUT2D eigenvalue weighted by Crippen LogP contribution is -2.40. The molecule has 1 aromatic heterocycles. The van der Waals surface area contributed by atoms with Crippen LogP contribution < -0.4 is 10.2 Å². The molecule has 0 unspecified atom stereocenters. The molecule has 0 spiro atoms. The fourth-order valence-corrected chi connectivity index (χ4v) is 5.17. The van der Waals surface area contributed by atoms with Crippen LogP contribution in [0.1, 0.15) is 40.8 Å². The van der Waals surface area contributed by atoms with Crippen molar-refractivity contribution in [1.82, 2.24) is 0 Å². The molecule has 1 aliphatic carbocycles. The average molecular weight is 410 g/mol. The van der Waals surface area contributed by atoms with Crippen molar-refractivity contribution < 1.29 is 14.5 Å². The highest BCUT2D eigenvalue weighted by atomic mass is 32.1. The molecule has 0 saturated heterocycles. The molecule has 0 fully saturated rings. The smallest absolute Gasteiger partial charge is 0.269 e. The third kappa shape index (κ3) is 3.59. The maximum atomic E-state index is 12.7. The van der Waals surface area contributed by atoms with E-state index in [0.717, 1.165) is 36.1 Å². The van der Waals surface area contributed by atoms with E-state index in [1.807, 2.05) is 0 Å². The number of anilines is 2. The fourth-order valence-electron chi connectivity index (χ4n) is 3.92. The fraction of sp³-hybridized carbons (Fsp3) is 0.350. The Morgan fingerprint density at radius 2 is 2.07 bits per heavy atom. The van der Waals surface area contributed by atoms with Gasteiger partial charge in [0.25, 0.3) is 5.69 Å². The first kappa shape index (κ1) is 19.1. The van der Waals surface area contributed by atoms with Gasteiger partial charge in [0.05, 0.1) is 10.5 Å². The van der Waals surface area contributed by atoms with Crippen LogP contribution in [0.5, 0.6) is 0 Å². The van der Waals surface area contributed by atoms with Gasteiger partial charge in [0.2, 0.25) is 11.8 Å². The van der Waals surface area contributed by atoms with Crippen molar-refractivity contribution in [2.45, 2.75) is 38.5 Å². The first-order valence-corrected chi connectivity index (χ1v) is 10.2. The summed E-state index contributed by atoms with van der Waals surface area (Å²) >= 11 is 1.44. The van der Waals surface area contributed by atoms with E-state index in [9.17, 15) is 25.0 Å². The molecule has 1 aromatic carbocycles. The third-order valence-electron chi connectivity index (χ3n) is 5.31. The first-order valence-electron chi connectivity index (χ1n) is 9.40. The summed E-state index contributed by atoms with van der Waals surface area (Å²) in [6.07, 6.45) is 4.49. The summed E-state index contributed by atoms with van der Waals surface area (Å²) in [5.41, 5.74) is 2.72. The summed E-state index contributed by atoms with van der Waals surface area (Å²) < 4.78 is 0. The summed E-state index contributed by atoms with van der Waals surface area (Å²) in [5.74, 6) is -0.591. The minimum Gasteiger partial charge on any atom is -0.315 e. The average Bonchev–Trinajstić information content (AvgIpc) is 3.06. The number of nitrogens with one attached hydrogen (secondary N) is 1. The number of nitrogens with zero attached hydrogens (tertiary/aromatic N) is 3. The van der Waals surface area contributed by atoms with Crippen LogP contribution in [0.15, 0.2) is 18.2 Å². The van der Waals surface area contributed by atoms with Crippen LogP contribution in [0, 0.1) is 21.4 Å². The Labute approximate surface area is 170 Å². The third-order valence-corrected chi connectivity index (χ3v) is 6.52. The Morgan fingerprint density at radius 1 is 1.28 bits per heavy atom. The second-order valence-electron chi connectivity index (χ2n) is 7.13. The van der Waals surface area contributed by atoms with Gasteiger partial charge in [-0.2, -0.15) is 5.26 Å². The lowest BCUT2D eigenvalue weighted by molar-refractivity contribution is -0.384. The number of hydrogen-bond donors (Lipinski definition) is 1. The lowest BCUT2D eigenvalue weighted by atomic mass is 9.96. The molecule has 2 heterocycles. The second kappa shape index (κ2) is 7.64. The monoisotopic (exact) mass is 410 g/mol. The van der Waals surface area contributed by atoms with Crippen molar-refractivity contribution in [1.29, 1.82) is 5.26 Å². The summed E-state index contributed by atoms with van der Waals surface area (Å²) in [5, 5.41) is 23.9. The lowest BCUT2D eigenvalue weighted by Gasteiger charge is -2.28. The van der Waals surface area contributed by atoms with Gasteiger partial charge in [0.15, 0.2) is 0 Å². The van der Waals surface area contributed by atoms with E-state index in [0.29, 0.717) is 28.2 Å². The van der Waals surface area contributed by atoms with Gasteiger partial charge in [-0.1, -0.05) is 0 Å². The number of carbonyl (C=O) groups is 2. The molecule has 2 aliphatic rings. The molecule has 9 heteroatoms. The minimum absolute atomic E-state index is 0.0367. The highest BCUT2D eigenvalue weighted by Crippen LogP contribution is 2.38. The Morgan fingerprint density at radius 3 is 2.83 bits per heavy atom. The number of carbonyl (C=O) groups excluding carboxylic acids is 2. The Balaban J connectivity index is 1.55. The van der Waals surface area contributed by atoms with Crippen LogP contribution in [0.3, 0.4) is 0 Å². The van der Waals surface area contributed by atoms with Gasteiger partial charge in [-0.15, -0.1) is 11.3 Å². The van der Waals surface area contributed by atoms with E-state index in [4.69, 9.17) is 0 Å². The van der Waals surface area contributed by atoms with E-state index in [1.165, 1.54) is 34.4 Å². The molecule has 1 N–H and O–H groups in total. The second-order valence-corrected chi connectivity index (χ2v) is 8.23. The van der Waals surface area contributed by atoms with Gasteiger partial charge in [0.1, 0.15) is 17.6 Å². The Hall–Kier alpha value is -3.25. The van der Waals surface area contributed by atoms with Gasteiger partial charge in [0, 0.05) is 29.1 Å². The Bertz CT molecular complexity index is 1070. The summed E-state index contributed by atoms with van der Waals surface area (Å²) in [4.78, 5) is 38.1. The first-order chi connectivity index (χ1) is 14.0. The van der Waals surface area contributed by atoms with E-state index in [1.54, 1.807) is 0 Å². The van der Waals surface area contributed by atoms with Crippen LogP contribution in [-0.4, -0.2) is 23.3 Å². The molecule has 0 atom stereocenters. The van der Waals surface area contributed by atoms with Crippen LogP contribution in [0.25, 0.3) is 0 Å². The SMILES string of the molecule is N#Cc1c(NC(=O)CN2C(=O)CCc3cc([N+](=O)[O-])ccc32)sc2c1CCCC2. The van der Waals surface area contributed by atoms with E-state index in [-0.39, 0.29) is 30.5 Å². The number of nitriles is 1. The summed E-state index contributed by atoms with van der Waals surface area (Å²) in [7, 11) is 0. The Kier molecular flexibility index (Phi) is 5.03. The molecule has 8 nitrogen and oxygen atoms in total. The molecule has 2 aromatic rings. The maximum Gasteiger partial charge on any atom is 0.269 e. The normalized spacial score (nSPS) is 15.3. The number of amides is 2. The number of nitro benzene ring substituents is 1. The largest absolute Gasteiger partial charge is 0.315 e. The molecule has 29 heavy (non-hydrogen) atoms. The number of fused-ring (bicyclic) bond motifs is 2. The zero-order chi connectivity index (χ0) is 20.5. The number of non-ortho nitro benzene ring substituents is 1. The molecule has 148 valence electrons. The quantitative estimate of drug-likeness (QED) is 0.613. The van der Waals surface area contributed by atoms with Crippen LogP contribution >= 0.6 is 11.3 Å². The maximum absolute atomic E-state index is 12.7. The van der Waals surface area contributed by atoms with Crippen LogP contribution in [0.4, 0.5) is 16.4 Å². The molecule has 1 aliphatic heterocycles. The van der Waals surface area contributed by atoms with Gasteiger partial charge in [-0.25, -0.2) is 0 Å². The minimum atomic E-state index is -0.476. The topological polar surface area (TPSA) is 116 Å². The molecule has 0 radical (unpaired) electrons. The molecule has 2 amide bonds. The van der Waals surface area contributed by atoms with Crippen molar-refractivity contribution in [3.8, 4) is 6.07 Å². The van der Waals surface area contributed by atoms with Crippen molar-refractivity contribution >= 4 is 39.5 Å². The zero-order valence-corrected chi connectivity index (χ0v) is 16.4. The molecule has 0 bridgehead atoms. The van der Waals surface area contributed by atoms with Gasteiger partial charge >= 0.3 is 0 Å². The number of hydrogen-bond acceptors (Lipinski definition) is 6. The number of thiophene rings is 1. The zero-order valence-electron chi connectivity index (χ0n) is 15.6. The van der Waals surface area contributed by atoms with Crippen molar-refractivity contribution in [2.24, 2.45) is 0 Å². The van der Waals surface area contributed by atoms with Crippen molar-refractivity contribution in [3.05, 3.63) is 49.9 Å². The highest BCUT2D eigenvalue weighted by molar-refractivity contribution is 7.16. The summed E-state index contributed by atoms with van der Waals surface area (Å²) in [6.45, 7) is -0.197.